The Balaban J connectivity index is 2.44. The van der Waals surface area contributed by atoms with E-state index >= 15 is 0 Å². The van der Waals surface area contributed by atoms with E-state index in [1.54, 1.807) is 4.57 Å². The number of rotatable bonds is 1. The highest BCUT2D eigenvalue weighted by atomic mass is 16.1. The van der Waals surface area contributed by atoms with Crippen molar-refractivity contribution in [2.24, 2.45) is 0 Å². The third kappa shape index (κ3) is 1.48. The number of benzene rings is 2. The fraction of sp³-hybridized carbons (Fsp3) is 0.133. The highest BCUT2D eigenvalue weighted by Gasteiger charge is 2.10. The molecule has 3 nitrogen and oxygen atoms in total. The average Bonchev–Trinajstić information content (AvgIpc) is 2.68. The second-order valence-electron chi connectivity index (χ2n) is 4.52. The van der Waals surface area contributed by atoms with Crippen molar-refractivity contribution in [2.45, 2.75) is 13.8 Å². The summed E-state index contributed by atoms with van der Waals surface area (Å²) >= 11 is 0. The zero-order valence-corrected chi connectivity index (χ0v) is 10.4. The van der Waals surface area contributed by atoms with Crippen LogP contribution in [0.15, 0.2) is 47.3 Å². The van der Waals surface area contributed by atoms with Crippen molar-refractivity contribution in [3.8, 4) is 5.69 Å². The van der Waals surface area contributed by atoms with E-state index in [-0.39, 0.29) is 5.69 Å². The first-order valence-electron chi connectivity index (χ1n) is 5.95. The van der Waals surface area contributed by atoms with Gasteiger partial charge in [0.1, 0.15) is 0 Å². The SMILES string of the molecule is Cc1ccccc1-n1c(=O)[nH]c2c(C)cccc21. The van der Waals surface area contributed by atoms with Gasteiger partial charge in [-0.3, -0.25) is 4.57 Å². The molecule has 0 atom stereocenters. The maximum absolute atomic E-state index is 12.2. The van der Waals surface area contributed by atoms with Crippen molar-refractivity contribution >= 4 is 11.0 Å². The van der Waals surface area contributed by atoms with E-state index < -0.39 is 0 Å². The minimum atomic E-state index is -0.0893. The molecule has 0 amide bonds. The van der Waals surface area contributed by atoms with Gasteiger partial charge in [-0.15, -0.1) is 0 Å². The van der Waals surface area contributed by atoms with Gasteiger partial charge in [-0.05, 0) is 37.1 Å². The molecule has 18 heavy (non-hydrogen) atoms. The van der Waals surface area contributed by atoms with Gasteiger partial charge < -0.3 is 4.98 Å². The number of nitrogens with zero attached hydrogens (tertiary/aromatic N) is 1. The number of imidazole rings is 1. The Morgan fingerprint density at radius 1 is 0.944 bits per heavy atom. The predicted octanol–water partition coefficient (Wildman–Crippen LogP) is 2.94. The molecule has 90 valence electrons. The summed E-state index contributed by atoms with van der Waals surface area (Å²) < 4.78 is 1.73. The minimum Gasteiger partial charge on any atom is -0.305 e. The molecule has 0 radical (unpaired) electrons. The number of nitrogens with one attached hydrogen (secondary N) is 1. The van der Waals surface area contributed by atoms with Crippen LogP contribution >= 0.6 is 0 Å². The predicted molar refractivity (Wildman–Crippen MR) is 73.4 cm³/mol. The Labute approximate surface area is 105 Å². The van der Waals surface area contributed by atoms with Crippen LogP contribution in [0, 0.1) is 13.8 Å². The number of aromatic nitrogens is 2. The van der Waals surface area contributed by atoms with Crippen molar-refractivity contribution in [3.63, 3.8) is 0 Å². The molecule has 0 saturated carbocycles. The zero-order chi connectivity index (χ0) is 12.7. The van der Waals surface area contributed by atoms with Crippen LogP contribution in [0.5, 0.6) is 0 Å². The van der Waals surface area contributed by atoms with Crippen LogP contribution in [-0.4, -0.2) is 9.55 Å². The first kappa shape index (κ1) is 10.8. The average molecular weight is 238 g/mol. The number of hydrogen-bond donors (Lipinski definition) is 1. The van der Waals surface area contributed by atoms with Gasteiger partial charge in [0.05, 0.1) is 16.7 Å². The molecule has 0 bridgehead atoms. The largest absolute Gasteiger partial charge is 0.331 e. The minimum absolute atomic E-state index is 0.0893. The summed E-state index contributed by atoms with van der Waals surface area (Å²) in [4.78, 5) is 15.1. The Morgan fingerprint density at radius 3 is 2.44 bits per heavy atom. The molecular formula is C15H14N2O. The van der Waals surface area contributed by atoms with Crippen molar-refractivity contribution in [3.05, 3.63) is 64.1 Å². The Hall–Kier alpha value is -2.29. The fourth-order valence-corrected chi connectivity index (χ4v) is 2.33. The second-order valence-corrected chi connectivity index (χ2v) is 4.52. The second kappa shape index (κ2) is 3.88. The lowest BCUT2D eigenvalue weighted by molar-refractivity contribution is 1.00. The van der Waals surface area contributed by atoms with E-state index in [1.807, 2.05) is 56.3 Å². The topological polar surface area (TPSA) is 37.8 Å². The quantitative estimate of drug-likeness (QED) is 0.695. The van der Waals surface area contributed by atoms with Gasteiger partial charge in [0.25, 0.3) is 0 Å². The van der Waals surface area contributed by atoms with E-state index in [2.05, 4.69) is 4.98 Å². The third-order valence-electron chi connectivity index (χ3n) is 3.28. The van der Waals surface area contributed by atoms with E-state index in [4.69, 9.17) is 0 Å². The van der Waals surface area contributed by atoms with Gasteiger partial charge in [-0.1, -0.05) is 30.3 Å². The molecular weight excluding hydrogens is 224 g/mol. The summed E-state index contributed by atoms with van der Waals surface area (Å²) in [6, 6.07) is 13.8. The van der Waals surface area contributed by atoms with Crippen LogP contribution < -0.4 is 5.69 Å². The maximum atomic E-state index is 12.2. The third-order valence-corrected chi connectivity index (χ3v) is 3.28. The number of aromatic amines is 1. The summed E-state index contributed by atoms with van der Waals surface area (Å²) in [5.41, 5.74) is 4.84. The monoisotopic (exact) mass is 238 g/mol. The molecule has 1 heterocycles. The van der Waals surface area contributed by atoms with E-state index in [0.29, 0.717) is 0 Å². The van der Waals surface area contributed by atoms with Gasteiger partial charge >= 0.3 is 5.69 Å². The number of hydrogen-bond acceptors (Lipinski definition) is 1. The molecule has 1 N–H and O–H groups in total. The van der Waals surface area contributed by atoms with Crippen LogP contribution in [-0.2, 0) is 0 Å². The molecule has 0 fully saturated rings. The molecule has 0 spiro atoms. The molecule has 2 aromatic carbocycles. The smallest absolute Gasteiger partial charge is 0.305 e. The fourth-order valence-electron chi connectivity index (χ4n) is 2.33. The first-order valence-corrected chi connectivity index (χ1v) is 5.95. The number of H-pyrrole nitrogens is 1. The van der Waals surface area contributed by atoms with Crippen LogP contribution in [0.1, 0.15) is 11.1 Å². The van der Waals surface area contributed by atoms with E-state index in [0.717, 1.165) is 27.8 Å². The highest BCUT2D eigenvalue weighted by Crippen LogP contribution is 2.20. The van der Waals surface area contributed by atoms with Crippen molar-refractivity contribution in [1.82, 2.24) is 9.55 Å². The number of aryl methyl sites for hydroxylation is 2. The van der Waals surface area contributed by atoms with Crippen LogP contribution in [0.2, 0.25) is 0 Å². The van der Waals surface area contributed by atoms with Gasteiger partial charge in [0.15, 0.2) is 0 Å². The molecule has 0 aliphatic carbocycles. The summed E-state index contributed by atoms with van der Waals surface area (Å²) in [5, 5.41) is 0. The van der Waals surface area contributed by atoms with Crippen molar-refractivity contribution in [2.75, 3.05) is 0 Å². The van der Waals surface area contributed by atoms with Crippen molar-refractivity contribution in [1.29, 1.82) is 0 Å². The molecule has 0 aliphatic heterocycles. The molecule has 1 aromatic heterocycles. The van der Waals surface area contributed by atoms with Crippen LogP contribution in [0.4, 0.5) is 0 Å². The normalized spacial score (nSPS) is 11.0. The Kier molecular flexibility index (Phi) is 2.33. The summed E-state index contributed by atoms with van der Waals surface area (Å²) in [5.74, 6) is 0. The van der Waals surface area contributed by atoms with Crippen LogP contribution in [0.3, 0.4) is 0 Å². The lowest BCUT2D eigenvalue weighted by atomic mass is 10.2. The lowest BCUT2D eigenvalue weighted by Gasteiger charge is -2.06. The summed E-state index contributed by atoms with van der Waals surface area (Å²) in [7, 11) is 0. The number of para-hydroxylation sites is 2. The molecule has 0 saturated heterocycles. The Bertz CT molecular complexity index is 781. The highest BCUT2D eigenvalue weighted by molar-refractivity contribution is 5.80. The van der Waals surface area contributed by atoms with Crippen molar-refractivity contribution < 1.29 is 0 Å². The molecule has 3 aromatic rings. The summed E-state index contributed by atoms with van der Waals surface area (Å²) in [6.45, 7) is 4.01. The zero-order valence-electron chi connectivity index (χ0n) is 10.4. The van der Waals surface area contributed by atoms with E-state index in [1.165, 1.54) is 0 Å². The van der Waals surface area contributed by atoms with Gasteiger partial charge in [-0.25, -0.2) is 4.79 Å². The van der Waals surface area contributed by atoms with Gasteiger partial charge in [-0.2, -0.15) is 0 Å². The maximum Gasteiger partial charge on any atom is 0.331 e. The van der Waals surface area contributed by atoms with Crippen LogP contribution in [0.25, 0.3) is 16.7 Å². The lowest BCUT2D eigenvalue weighted by Crippen LogP contribution is -2.15. The van der Waals surface area contributed by atoms with Gasteiger partial charge in [0.2, 0.25) is 0 Å². The van der Waals surface area contributed by atoms with E-state index in [9.17, 15) is 4.79 Å². The number of fused-ring (bicyclic) bond motifs is 1. The summed E-state index contributed by atoms with van der Waals surface area (Å²) in [6.07, 6.45) is 0. The molecule has 3 rings (SSSR count). The molecule has 0 unspecified atom stereocenters. The molecule has 3 heteroatoms. The standard InChI is InChI=1S/C15H14N2O/c1-10-6-3-4-8-12(10)17-13-9-5-7-11(2)14(13)16-15(17)18/h3-9H,1-2H3,(H,16,18). The first-order chi connectivity index (χ1) is 8.68. The Morgan fingerprint density at radius 2 is 1.67 bits per heavy atom. The molecule has 0 aliphatic rings. The van der Waals surface area contributed by atoms with Gasteiger partial charge in [0, 0.05) is 0 Å².